The molecule has 0 aromatic rings. The van der Waals surface area contributed by atoms with E-state index in [0.29, 0.717) is 18.4 Å². The first-order valence-corrected chi connectivity index (χ1v) is 4.61. The van der Waals surface area contributed by atoms with Gasteiger partial charge in [-0.15, -0.1) is 0 Å². The third kappa shape index (κ3) is 2.29. The lowest BCUT2D eigenvalue weighted by atomic mass is 9.89. The van der Waals surface area contributed by atoms with E-state index in [9.17, 15) is 8.78 Å². The van der Waals surface area contributed by atoms with Gasteiger partial charge in [0.25, 0.3) is 5.92 Å². The number of hydrogen-bond acceptors (Lipinski definition) is 0. The van der Waals surface area contributed by atoms with E-state index in [1.165, 1.54) is 0 Å². The maximum atomic E-state index is 13.2. The van der Waals surface area contributed by atoms with Crippen molar-refractivity contribution < 1.29 is 8.78 Å². The Morgan fingerprint density at radius 3 is 2.50 bits per heavy atom. The van der Waals surface area contributed by atoms with Gasteiger partial charge in [-0.05, 0) is 30.8 Å². The zero-order chi connectivity index (χ0) is 9.19. The Kier molecular flexibility index (Phi) is 2.86. The molecule has 0 unspecified atom stereocenters. The first-order chi connectivity index (χ1) is 5.52. The van der Waals surface area contributed by atoms with Gasteiger partial charge in [0.2, 0.25) is 0 Å². The van der Waals surface area contributed by atoms with E-state index in [4.69, 9.17) is 0 Å². The third-order valence-electron chi connectivity index (χ3n) is 2.19. The predicted molar refractivity (Wildman–Crippen MR) is 46.3 cm³/mol. The second-order valence-electron chi connectivity index (χ2n) is 3.85. The van der Waals surface area contributed by atoms with Crippen molar-refractivity contribution >= 4 is 0 Å². The number of hydrogen-bond donors (Lipinski definition) is 0. The lowest BCUT2D eigenvalue weighted by Gasteiger charge is -2.25. The topological polar surface area (TPSA) is 0 Å². The van der Waals surface area contributed by atoms with E-state index in [1.54, 1.807) is 6.08 Å². The van der Waals surface area contributed by atoms with Crippen molar-refractivity contribution in [2.24, 2.45) is 5.92 Å². The van der Waals surface area contributed by atoms with Crippen molar-refractivity contribution in [3.63, 3.8) is 0 Å². The molecule has 1 aliphatic carbocycles. The highest BCUT2D eigenvalue weighted by Crippen LogP contribution is 2.38. The largest absolute Gasteiger partial charge is 0.269 e. The quantitative estimate of drug-likeness (QED) is 0.531. The average molecular weight is 174 g/mol. The zero-order valence-electron chi connectivity index (χ0n) is 7.74. The van der Waals surface area contributed by atoms with Gasteiger partial charge in [0, 0.05) is 6.42 Å². The fourth-order valence-electron chi connectivity index (χ4n) is 1.61. The predicted octanol–water partition coefficient (Wildman–Crippen LogP) is 3.78. The highest BCUT2D eigenvalue weighted by Gasteiger charge is 2.35. The molecule has 0 amide bonds. The summed E-state index contributed by atoms with van der Waals surface area (Å²) < 4.78 is 26.3. The Balaban J connectivity index is 2.72. The summed E-state index contributed by atoms with van der Waals surface area (Å²) in [6.07, 6.45) is 3.95. The van der Waals surface area contributed by atoms with Crippen LogP contribution < -0.4 is 0 Å². The maximum Gasteiger partial charge on any atom is 0.269 e. The molecule has 1 fully saturated rings. The van der Waals surface area contributed by atoms with E-state index in [0.717, 1.165) is 6.42 Å². The summed E-state index contributed by atoms with van der Waals surface area (Å²) >= 11 is 0. The minimum absolute atomic E-state index is 0.0472. The van der Waals surface area contributed by atoms with Crippen LogP contribution in [0.4, 0.5) is 8.78 Å². The highest BCUT2D eigenvalue weighted by molar-refractivity contribution is 5.15. The van der Waals surface area contributed by atoms with Gasteiger partial charge in [-0.2, -0.15) is 0 Å². The van der Waals surface area contributed by atoms with Gasteiger partial charge in [-0.3, -0.25) is 0 Å². The minimum Gasteiger partial charge on any atom is -0.202 e. The first-order valence-electron chi connectivity index (χ1n) is 4.61. The Morgan fingerprint density at radius 1 is 1.33 bits per heavy atom. The van der Waals surface area contributed by atoms with Crippen molar-refractivity contribution in [1.82, 2.24) is 0 Å². The van der Waals surface area contributed by atoms with Gasteiger partial charge in [-0.1, -0.05) is 19.9 Å². The normalized spacial score (nSPS) is 26.6. The van der Waals surface area contributed by atoms with Crippen LogP contribution in [0.25, 0.3) is 0 Å². The smallest absolute Gasteiger partial charge is 0.202 e. The molecule has 1 saturated carbocycles. The highest BCUT2D eigenvalue weighted by atomic mass is 19.3. The van der Waals surface area contributed by atoms with Crippen LogP contribution in [0.1, 0.15) is 39.5 Å². The van der Waals surface area contributed by atoms with Crippen molar-refractivity contribution in [3.05, 3.63) is 11.6 Å². The summed E-state index contributed by atoms with van der Waals surface area (Å²) in [5.74, 6) is -2.27. The molecule has 0 nitrogen and oxygen atoms in total. The standard InChI is InChI=1S/C10H16F2/c1-8(2)7-9-5-3-4-6-10(9,11)12/h7-8H,3-6H2,1-2H3/b9-7-. The van der Waals surface area contributed by atoms with Crippen LogP contribution in [0.15, 0.2) is 11.6 Å². The molecule has 12 heavy (non-hydrogen) atoms. The van der Waals surface area contributed by atoms with Crippen molar-refractivity contribution in [2.75, 3.05) is 0 Å². The van der Waals surface area contributed by atoms with E-state index in [-0.39, 0.29) is 12.3 Å². The van der Waals surface area contributed by atoms with Crippen LogP contribution in [-0.2, 0) is 0 Å². The molecule has 0 heterocycles. The Bertz CT molecular complexity index is 180. The average Bonchev–Trinajstić information content (AvgIpc) is 1.92. The SMILES string of the molecule is CC(C)/C=C1/CCCCC1(F)F. The van der Waals surface area contributed by atoms with Gasteiger partial charge in [0.15, 0.2) is 0 Å². The lowest BCUT2D eigenvalue weighted by molar-refractivity contribution is 0.0147. The summed E-state index contributed by atoms with van der Waals surface area (Å²) in [4.78, 5) is 0. The monoisotopic (exact) mass is 174 g/mol. The number of rotatable bonds is 1. The molecule has 0 spiro atoms. The minimum atomic E-state index is -2.51. The molecule has 0 radical (unpaired) electrons. The van der Waals surface area contributed by atoms with Gasteiger partial charge in [0.1, 0.15) is 0 Å². The van der Waals surface area contributed by atoms with Crippen LogP contribution in [0.2, 0.25) is 0 Å². The molecule has 0 atom stereocenters. The van der Waals surface area contributed by atoms with Gasteiger partial charge >= 0.3 is 0 Å². The summed E-state index contributed by atoms with van der Waals surface area (Å²) in [5, 5.41) is 0. The van der Waals surface area contributed by atoms with E-state index >= 15 is 0 Å². The molecular formula is C10H16F2. The molecule has 0 N–H and O–H groups in total. The van der Waals surface area contributed by atoms with E-state index < -0.39 is 5.92 Å². The third-order valence-corrected chi connectivity index (χ3v) is 2.19. The van der Waals surface area contributed by atoms with E-state index in [1.807, 2.05) is 13.8 Å². The van der Waals surface area contributed by atoms with Gasteiger partial charge in [-0.25, -0.2) is 8.78 Å². The Morgan fingerprint density at radius 2 is 2.00 bits per heavy atom. The second-order valence-corrected chi connectivity index (χ2v) is 3.85. The second kappa shape index (κ2) is 3.55. The first kappa shape index (κ1) is 9.69. The van der Waals surface area contributed by atoms with Crippen LogP contribution in [-0.4, -0.2) is 5.92 Å². The van der Waals surface area contributed by atoms with Gasteiger partial charge in [0.05, 0.1) is 0 Å². The molecule has 0 saturated heterocycles. The van der Waals surface area contributed by atoms with Crippen molar-refractivity contribution in [1.29, 1.82) is 0 Å². The Hall–Kier alpha value is -0.400. The molecule has 1 aliphatic rings. The van der Waals surface area contributed by atoms with Crippen LogP contribution in [0.5, 0.6) is 0 Å². The van der Waals surface area contributed by atoms with Gasteiger partial charge < -0.3 is 0 Å². The molecule has 0 bridgehead atoms. The van der Waals surface area contributed by atoms with Crippen LogP contribution >= 0.6 is 0 Å². The number of allylic oxidation sites excluding steroid dienone is 2. The summed E-state index contributed by atoms with van der Waals surface area (Å²) in [5.41, 5.74) is 0.365. The maximum absolute atomic E-state index is 13.2. The molecule has 0 aliphatic heterocycles. The fraction of sp³-hybridized carbons (Fsp3) is 0.800. The summed E-state index contributed by atoms with van der Waals surface area (Å²) in [6.45, 7) is 3.88. The fourth-order valence-corrected chi connectivity index (χ4v) is 1.61. The van der Waals surface area contributed by atoms with Crippen molar-refractivity contribution in [3.8, 4) is 0 Å². The molecule has 70 valence electrons. The lowest BCUT2D eigenvalue weighted by Crippen LogP contribution is -2.23. The summed E-state index contributed by atoms with van der Waals surface area (Å²) in [6, 6.07) is 0. The molecule has 0 aromatic carbocycles. The molecular weight excluding hydrogens is 158 g/mol. The van der Waals surface area contributed by atoms with Crippen LogP contribution in [0, 0.1) is 5.92 Å². The number of alkyl halides is 2. The zero-order valence-corrected chi connectivity index (χ0v) is 7.74. The number of halogens is 2. The Labute approximate surface area is 72.7 Å². The summed E-state index contributed by atoms with van der Waals surface area (Å²) in [7, 11) is 0. The molecule has 0 aromatic heterocycles. The van der Waals surface area contributed by atoms with E-state index in [2.05, 4.69) is 0 Å². The van der Waals surface area contributed by atoms with Crippen molar-refractivity contribution in [2.45, 2.75) is 45.5 Å². The molecule has 1 rings (SSSR count). The molecule has 2 heteroatoms. The van der Waals surface area contributed by atoms with Crippen LogP contribution in [0.3, 0.4) is 0 Å².